The minimum absolute atomic E-state index is 0.0800. The van der Waals surface area contributed by atoms with Crippen LogP contribution >= 0.6 is 0 Å². The number of hydrogen-bond donors (Lipinski definition) is 3. The Balaban J connectivity index is 0.000000501. The lowest BCUT2D eigenvalue weighted by molar-refractivity contribution is -0.159. The standard InChI is InChI=1S/C18H22N2O4S.C2H2O4/c1-20(2)25(21,22)16-7-5-6-14(10-16)11-19-12-15-13-23-17-8-3-4-9-18(17)24-15;3-1(4)2(5)6/h3-10,15,19H,11-13H2,1-2H3;(H,3,4)(H,5,6). The molecule has 1 atom stereocenters. The third kappa shape index (κ3) is 6.95. The molecule has 10 nitrogen and oxygen atoms in total. The Morgan fingerprint density at radius 1 is 1.06 bits per heavy atom. The Labute approximate surface area is 180 Å². The molecule has 0 bridgehead atoms. The Morgan fingerprint density at radius 3 is 2.32 bits per heavy atom. The summed E-state index contributed by atoms with van der Waals surface area (Å²) in [6.07, 6.45) is -0.0800. The van der Waals surface area contributed by atoms with Crippen molar-refractivity contribution in [2.45, 2.75) is 17.5 Å². The van der Waals surface area contributed by atoms with E-state index in [9.17, 15) is 8.42 Å². The number of nitrogens with zero attached hydrogens (tertiary/aromatic N) is 1. The first kappa shape index (κ1) is 24.1. The van der Waals surface area contributed by atoms with Gasteiger partial charge in [-0.25, -0.2) is 22.3 Å². The fourth-order valence-corrected chi connectivity index (χ4v) is 3.54. The number of benzene rings is 2. The highest BCUT2D eigenvalue weighted by atomic mass is 32.2. The molecule has 0 saturated heterocycles. The molecular weight excluding hydrogens is 428 g/mol. The van der Waals surface area contributed by atoms with E-state index in [1.54, 1.807) is 18.2 Å². The fourth-order valence-electron chi connectivity index (χ4n) is 2.57. The van der Waals surface area contributed by atoms with Gasteiger partial charge in [0.2, 0.25) is 10.0 Å². The Hall–Kier alpha value is -3.15. The maximum atomic E-state index is 12.2. The predicted molar refractivity (Wildman–Crippen MR) is 111 cm³/mol. The summed E-state index contributed by atoms with van der Waals surface area (Å²) in [5.41, 5.74) is 0.903. The van der Waals surface area contributed by atoms with Crippen LogP contribution in [0, 0.1) is 0 Å². The summed E-state index contributed by atoms with van der Waals surface area (Å²) >= 11 is 0. The summed E-state index contributed by atoms with van der Waals surface area (Å²) in [6.45, 7) is 1.65. The second-order valence-electron chi connectivity index (χ2n) is 6.67. The van der Waals surface area contributed by atoms with Crippen molar-refractivity contribution in [3.63, 3.8) is 0 Å². The zero-order valence-corrected chi connectivity index (χ0v) is 17.8. The first-order chi connectivity index (χ1) is 14.6. The van der Waals surface area contributed by atoms with Gasteiger partial charge in [0.05, 0.1) is 4.90 Å². The Bertz CT molecular complexity index is 1010. The number of carboxylic acids is 2. The molecule has 3 N–H and O–H groups in total. The summed E-state index contributed by atoms with van der Waals surface area (Å²) in [7, 11) is -0.365. The van der Waals surface area contributed by atoms with Crippen LogP contribution in [0.25, 0.3) is 0 Å². The molecular formula is C20H24N2O8S. The summed E-state index contributed by atoms with van der Waals surface area (Å²) in [5.74, 6) is -2.13. The van der Waals surface area contributed by atoms with Crippen molar-refractivity contribution in [1.29, 1.82) is 0 Å². The monoisotopic (exact) mass is 452 g/mol. The third-order valence-corrected chi connectivity index (χ3v) is 5.94. The topological polar surface area (TPSA) is 142 Å². The van der Waals surface area contributed by atoms with Crippen LogP contribution < -0.4 is 14.8 Å². The molecule has 11 heteroatoms. The third-order valence-electron chi connectivity index (χ3n) is 4.13. The molecule has 0 aliphatic carbocycles. The first-order valence-electron chi connectivity index (χ1n) is 9.18. The van der Waals surface area contributed by atoms with Gasteiger partial charge < -0.3 is 25.0 Å². The molecule has 0 aromatic heterocycles. The maximum Gasteiger partial charge on any atom is 0.414 e. The van der Waals surface area contributed by atoms with Crippen molar-refractivity contribution in [2.75, 3.05) is 27.2 Å². The molecule has 31 heavy (non-hydrogen) atoms. The number of carbonyl (C=O) groups is 2. The van der Waals surface area contributed by atoms with Gasteiger partial charge in [-0.05, 0) is 29.8 Å². The van der Waals surface area contributed by atoms with E-state index in [4.69, 9.17) is 29.3 Å². The largest absolute Gasteiger partial charge is 0.486 e. The lowest BCUT2D eigenvalue weighted by Gasteiger charge is -2.26. The molecule has 3 rings (SSSR count). The highest BCUT2D eigenvalue weighted by Crippen LogP contribution is 2.30. The van der Waals surface area contributed by atoms with E-state index >= 15 is 0 Å². The number of para-hydroxylation sites is 2. The van der Waals surface area contributed by atoms with Crippen LogP contribution in [-0.2, 0) is 26.2 Å². The lowest BCUT2D eigenvalue weighted by atomic mass is 10.2. The van der Waals surface area contributed by atoms with Gasteiger partial charge in [-0.3, -0.25) is 0 Å². The summed E-state index contributed by atoms with van der Waals surface area (Å²) in [5, 5.41) is 18.1. The minimum atomic E-state index is -3.42. The Kier molecular flexibility index (Phi) is 8.37. The summed E-state index contributed by atoms with van der Waals surface area (Å²) in [6, 6.07) is 14.5. The second-order valence-corrected chi connectivity index (χ2v) is 8.83. The van der Waals surface area contributed by atoms with Gasteiger partial charge in [-0.15, -0.1) is 0 Å². The van der Waals surface area contributed by atoms with Crippen molar-refractivity contribution in [2.24, 2.45) is 0 Å². The first-order valence-corrected chi connectivity index (χ1v) is 10.6. The normalized spacial score (nSPS) is 15.0. The number of aliphatic carboxylic acids is 2. The molecule has 0 amide bonds. The zero-order chi connectivity index (χ0) is 23.0. The van der Waals surface area contributed by atoms with Gasteiger partial charge in [-0.1, -0.05) is 24.3 Å². The van der Waals surface area contributed by atoms with Crippen molar-refractivity contribution in [1.82, 2.24) is 9.62 Å². The quantitative estimate of drug-likeness (QED) is 0.548. The maximum absolute atomic E-state index is 12.2. The number of hydrogen-bond acceptors (Lipinski definition) is 7. The zero-order valence-electron chi connectivity index (χ0n) is 17.0. The predicted octanol–water partition coefficient (Wildman–Crippen LogP) is 1.02. The van der Waals surface area contributed by atoms with Gasteiger partial charge >= 0.3 is 11.9 Å². The fraction of sp³-hybridized carbons (Fsp3) is 0.300. The highest BCUT2D eigenvalue weighted by molar-refractivity contribution is 7.89. The van der Waals surface area contributed by atoms with E-state index in [-0.39, 0.29) is 6.10 Å². The minimum Gasteiger partial charge on any atom is -0.486 e. The van der Waals surface area contributed by atoms with E-state index < -0.39 is 22.0 Å². The van der Waals surface area contributed by atoms with Crippen molar-refractivity contribution < 1.29 is 37.7 Å². The molecule has 0 fully saturated rings. The molecule has 1 unspecified atom stereocenters. The number of ether oxygens (including phenoxy) is 2. The summed E-state index contributed by atoms with van der Waals surface area (Å²) < 4.78 is 37.2. The van der Waals surface area contributed by atoms with Crippen LogP contribution in [0.15, 0.2) is 53.4 Å². The van der Waals surface area contributed by atoms with Gasteiger partial charge in [0, 0.05) is 27.2 Å². The molecule has 1 aliphatic heterocycles. The smallest absolute Gasteiger partial charge is 0.414 e. The number of nitrogens with one attached hydrogen (secondary N) is 1. The van der Waals surface area contributed by atoms with E-state index in [1.807, 2.05) is 30.3 Å². The molecule has 168 valence electrons. The van der Waals surface area contributed by atoms with Crippen LogP contribution in [0.3, 0.4) is 0 Å². The molecule has 1 heterocycles. The highest BCUT2D eigenvalue weighted by Gasteiger charge is 2.20. The van der Waals surface area contributed by atoms with Crippen molar-refractivity contribution >= 4 is 22.0 Å². The average molecular weight is 452 g/mol. The van der Waals surface area contributed by atoms with Crippen LogP contribution in [0.4, 0.5) is 0 Å². The Morgan fingerprint density at radius 2 is 1.71 bits per heavy atom. The molecule has 0 saturated carbocycles. The molecule has 0 spiro atoms. The van der Waals surface area contributed by atoms with Crippen LogP contribution in [0.5, 0.6) is 11.5 Å². The number of rotatable bonds is 6. The van der Waals surface area contributed by atoms with Crippen molar-refractivity contribution in [3.05, 3.63) is 54.1 Å². The van der Waals surface area contributed by atoms with E-state index in [0.717, 1.165) is 17.1 Å². The summed E-state index contributed by atoms with van der Waals surface area (Å²) in [4.78, 5) is 18.5. The van der Waals surface area contributed by atoms with E-state index in [1.165, 1.54) is 18.4 Å². The number of fused-ring (bicyclic) bond motifs is 1. The van der Waals surface area contributed by atoms with Crippen molar-refractivity contribution in [3.8, 4) is 11.5 Å². The van der Waals surface area contributed by atoms with Crippen LogP contribution in [-0.4, -0.2) is 68.2 Å². The van der Waals surface area contributed by atoms with E-state index in [0.29, 0.717) is 24.6 Å². The molecule has 2 aromatic rings. The van der Waals surface area contributed by atoms with Crippen LogP contribution in [0.1, 0.15) is 5.56 Å². The number of carboxylic acid groups (broad SMARTS) is 2. The van der Waals surface area contributed by atoms with Crippen LogP contribution in [0.2, 0.25) is 0 Å². The van der Waals surface area contributed by atoms with Gasteiger partial charge in [-0.2, -0.15) is 0 Å². The average Bonchev–Trinajstić information content (AvgIpc) is 2.74. The molecule has 0 radical (unpaired) electrons. The van der Waals surface area contributed by atoms with Gasteiger partial charge in [0.15, 0.2) is 11.5 Å². The molecule has 2 aromatic carbocycles. The van der Waals surface area contributed by atoms with Gasteiger partial charge in [0.1, 0.15) is 12.7 Å². The lowest BCUT2D eigenvalue weighted by Crippen LogP contribution is -2.38. The second kappa shape index (κ2) is 10.8. The SMILES string of the molecule is CN(C)S(=O)(=O)c1cccc(CNCC2COc3ccccc3O2)c1.O=C(O)C(=O)O. The van der Waals surface area contributed by atoms with E-state index in [2.05, 4.69) is 5.32 Å². The van der Waals surface area contributed by atoms with Gasteiger partial charge in [0.25, 0.3) is 0 Å². The molecule has 1 aliphatic rings. The number of sulfonamides is 1.